The number of hydrogen-bond donors (Lipinski definition) is 3. The molecule has 0 saturated heterocycles. The van der Waals surface area contributed by atoms with E-state index < -0.39 is 22.2 Å². The van der Waals surface area contributed by atoms with Crippen molar-refractivity contribution in [3.63, 3.8) is 0 Å². The van der Waals surface area contributed by atoms with Crippen molar-refractivity contribution >= 4 is 61.6 Å². The summed E-state index contributed by atoms with van der Waals surface area (Å²) in [5, 5.41) is 15.2. The number of hydrogen-bond acceptors (Lipinski definition) is 8. The van der Waals surface area contributed by atoms with Crippen molar-refractivity contribution in [1.82, 2.24) is 20.0 Å². The molecule has 2 aromatic heterocycles. The van der Waals surface area contributed by atoms with E-state index in [4.69, 9.17) is 26.2 Å². The van der Waals surface area contributed by atoms with Crippen LogP contribution in [-0.2, 0) is 32.7 Å². The van der Waals surface area contributed by atoms with Crippen molar-refractivity contribution < 1.29 is 41.0 Å². The van der Waals surface area contributed by atoms with Gasteiger partial charge in [-0.1, -0.05) is 41.9 Å². The van der Waals surface area contributed by atoms with Crippen LogP contribution in [0.2, 0.25) is 4.34 Å². The number of aromatic nitrogens is 2. The number of ether oxygens (including phenoxy) is 1. The van der Waals surface area contributed by atoms with Gasteiger partial charge in [0.15, 0.2) is 5.82 Å². The average Bonchev–Trinajstić information content (AvgIpc) is 3.51. The van der Waals surface area contributed by atoms with E-state index in [-0.39, 0.29) is 15.9 Å². The average molecular weight is 662 g/mol. The Morgan fingerprint density at radius 1 is 1.12 bits per heavy atom. The van der Waals surface area contributed by atoms with Crippen LogP contribution < -0.4 is 14.8 Å². The van der Waals surface area contributed by atoms with E-state index in [2.05, 4.69) is 15.1 Å². The fourth-order valence-corrected chi connectivity index (χ4v) is 6.23. The lowest BCUT2D eigenvalue weighted by molar-refractivity contribution is -0.192. The third-order valence-corrected chi connectivity index (χ3v) is 8.58. The number of halogens is 4. The first-order valence-corrected chi connectivity index (χ1v) is 14.9. The lowest BCUT2D eigenvalue weighted by atomic mass is 10.1. The third-order valence-electron chi connectivity index (χ3n) is 5.52. The van der Waals surface area contributed by atoms with Gasteiger partial charge in [-0.25, -0.2) is 13.2 Å². The second kappa shape index (κ2) is 14.1. The zero-order chi connectivity index (χ0) is 31.9. The van der Waals surface area contributed by atoms with Crippen LogP contribution >= 0.6 is 22.9 Å². The van der Waals surface area contributed by atoms with Crippen molar-refractivity contribution in [3.8, 4) is 5.75 Å². The molecule has 0 aliphatic heterocycles. The number of amides is 1. The molecule has 4 rings (SSSR count). The maximum absolute atomic E-state index is 13.0. The molecule has 1 amide bonds. The highest BCUT2D eigenvalue weighted by Gasteiger charge is 2.38. The number of carbonyl (C=O) groups is 2. The maximum Gasteiger partial charge on any atom is 0.490 e. The van der Waals surface area contributed by atoms with Gasteiger partial charge in [-0.15, -0.1) is 11.3 Å². The number of thiophene rings is 1. The number of carbonyl (C=O) groups excluding carboxylic acids is 1. The van der Waals surface area contributed by atoms with Crippen molar-refractivity contribution in [2.24, 2.45) is 0 Å². The van der Waals surface area contributed by atoms with Crippen LogP contribution in [0.5, 0.6) is 5.75 Å². The van der Waals surface area contributed by atoms with E-state index in [0.29, 0.717) is 40.6 Å². The minimum absolute atomic E-state index is 0.0560. The molecule has 0 aliphatic rings. The Bertz CT molecular complexity index is 1710. The van der Waals surface area contributed by atoms with Gasteiger partial charge < -0.3 is 20.1 Å². The maximum atomic E-state index is 13.0. The Kier molecular flexibility index (Phi) is 11.0. The number of anilines is 1. The van der Waals surface area contributed by atoms with E-state index in [1.54, 1.807) is 10.7 Å². The number of rotatable bonds is 10. The van der Waals surface area contributed by atoms with Crippen LogP contribution in [0, 0.1) is 0 Å². The highest BCUT2D eigenvalue weighted by Crippen LogP contribution is 2.35. The summed E-state index contributed by atoms with van der Waals surface area (Å²) < 4.78 is 68.0. The lowest BCUT2D eigenvalue weighted by Crippen LogP contribution is -2.32. The molecule has 2 heterocycles. The molecule has 4 aromatic rings. The fourth-order valence-electron chi connectivity index (χ4n) is 3.73. The van der Waals surface area contributed by atoms with E-state index >= 15 is 0 Å². The summed E-state index contributed by atoms with van der Waals surface area (Å²) in [6.45, 7) is 1.11. The van der Waals surface area contributed by atoms with Gasteiger partial charge in [0, 0.05) is 6.54 Å². The van der Waals surface area contributed by atoms with E-state index in [0.717, 1.165) is 22.5 Å². The highest BCUT2D eigenvalue weighted by atomic mass is 35.5. The number of carboxylic acids is 1. The Labute approximate surface area is 253 Å². The predicted octanol–water partition coefficient (Wildman–Crippen LogP) is 4.42. The number of carboxylic acid groups (broad SMARTS) is 1. The smallest absolute Gasteiger partial charge is 0.490 e. The SMILES string of the molecule is COc1cccc2c1c(NS(=O)(=O)c1ccc(Cl)s1)nn2Cc1cccc(CNC(=O)CN(C)C)c1.O=C(O)C(F)(F)F. The highest BCUT2D eigenvalue weighted by molar-refractivity contribution is 7.94. The molecule has 3 N–H and O–H groups in total. The summed E-state index contributed by atoms with van der Waals surface area (Å²) in [6.07, 6.45) is -5.08. The molecular formula is C26H27ClF3N5O6S2. The quantitative estimate of drug-likeness (QED) is 0.227. The van der Waals surface area contributed by atoms with Crippen LogP contribution in [0.15, 0.2) is 58.8 Å². The number of nitrogens with zero attached hydrogens (tertiary/aromatic N) is 3. The molecule has 43 heavy (non-hydrogen) atoms. The largest absolute Gasteiger partial charge is 0.496 e. The number of methoxy groups -OCH3 is 1. The Balaban J connectivity index is 0.000000646. The molecule has 232 valence electrons. The zero-order valence-electron chi connectivity index (χ0n) is 23.0. The number of sulfonamides is 1. The molecule has 11 nitrogen and oxygen atoms in total. The number of aliphatic carboxylic acids is 1. The van der Waals surface area contributed by atoms with E-state index in [9.17, 15) is 26.4 Å². The van der Waals surface area contributed by atoms with Crippen LogP contribution in [0.25, 0.3) is 10.9 Å². The molecule has 0 spiro atoms. The zero-order valence-corrected chi connectivity index (χ0v) is 25.4. The van der Waals surface area contributed by atoms with Crippen LogP contribution in [0.4, 0.5) is 19.0 Å². The van der Waals surface area contributed by atoms with Gasteiger partial charge in [0.25, 0.3) is 10.0 Å². The van der Waals surface area contributed by atoms with Crippen molar-refractivity contribution in [3.05, 3.63) is 70.1 Å². The molecule has 0 bridgehead atoms. The minimum Gasteiger partial charge on any atom is -0.496 e. The van der Waals surface area contributed by atoms with Crippen LogP contribution in [0.1, 0.15) is 11.1 Å². The standard InChI is InChI=1S/C24H26ClN5O4S2.C2HF3O2/c1-29(2)15-21(31)26-13-16-6-4-7-17(12-16)14-30-18-8-5-9-19(34-3)23(18)24(27-30)28-36(32,33)22-11-10-20(25)35-22;3-2(4,5)1(6)7/h4-12H,13-15H2,1-3H3,(H,26,31)(H,27,28);(H,6,7). The molecule has 0 aliphatic carbocycles. The first kappa shape index (κ1) is 33.6. The molecule has 17 heteroatoms. The van der Waals surface area contributed by atoms with Gasteiger partial charge in [-0.05, 0) is 49.5 Å². The lowest BCUT2D eigenvalue weighted by Gasteiger charge is -2.11. The summed E-state index contributed by atoms with van der Waals surface area (Å²) >= 11 is 6.91. The summed E-state index contributed by atoms with van der Waals surface area (Å²) in [6, 6.07) is 16.2. The third kappa shape index (κ3) is 9.31. The molecule has 0 radical (unpaired) electrons. The van der Waals surface area contributed by atoms with Gasteiger partial charge in [-0.2, -0.15) is 18.3 Å². The van der Waals surface area contributed by atoms with Gasteiger partial charge in [0.05, 0.1) is 35.4 Å². The Morgan fingerprint density at radius 3 is 2.35 bits per heavy atom. The van der Waals surface area contributed by atoms with Gasteiger partial charge in [0.1, 0.15) is 9.96 Å². The second-order valence-electron chi connectivity index (χ2n) is 9.16. The van der Waals surface area contributed by atoms with E-state index in [1.165, 1.54) is 19.2 Å². The van der Waals surface area contributed by atoms with Gasteiger partial charge in [-0.3, -0.25) is 14.2 Å². The molecule has 0 fully saturated rings. The summed E-state index contributed by atoms with van der Waals surface area (Å²) in [5.74, 6) is -2.15. The number of alkyl halides is 3. The number of nitrogens with one attached hydrogen (secondary N) is 2. The molecular weight excluding hydrogens is 635 g/mol. The topological polar surface area (TPSA) is 143 Å². The second-order valence-corrected chi connectivity index (χ2v) is 12.8. The fraction of sp³-hybridized carbons (Fsp3) is 0.269. The van der Waals surface area contributed by atoms with Crippen molar-refractivity contribution in [2.75, 3.05) is 32.5 Å². The predicted molar refractivity (Wildman–Crippen MR) is 156 cm³/mol. The van der Waals surface area contributed by atoms with Crippen LogP contribution in [-0.4, -0.2) is 74.0 Å². The molecule has 2 aromatic carbocycles. The summed E-state index contributed by atoms with van der Waals surface area (Å²) in [4.78, 5) is 22.7. The number of likely N-dealkylation sites (N-methyl/N-ethyl adjacent to an activating group) is 1. The number of benzene rings is 2. The molecule has 0 unspecified atom stereocenters. The van der Waals surface area contributed by atoms with Crippen molar-refractivity contribution in [2.45, 2.75) is 23.5 Å². The Morgan fingerprint density at radius 2 is 1.77 bits per heavy atom. The van der Waals surface area contributed by atoms with Gasteiger partial charge >= 0.3 is 12.1 Å². The van der Waals surface area contributed by atoms with E-state index in [1.807, 2.05) is 55.4 Å². The minimum atomic E-state index is -5.08. The first-order chi connectivity index (χ1) is 20.1. The van der Waals surface area contributed by atoms with Crippen LogP contribution in [0.3, 0.4) is 0 Å². The first-order valence-electron chi connectivity index (χ1n) is 12.2. The monoisotopic (exact) mass is 661 g/mol. The summed E-state index contributed by atoms with van der Waals surface area (Å²) in [5.41, 5.74) is 2.60. The van der Waals surface area contributed by atoms with Gasteiger partial charge in [0.2, 0.25) is 5.91 Å². The molecule has 0 atom stereocenters. The summed E-state index contributed by atoms with van der Waals surface area (Å²) in [7, 11) is 1.32. The number of fused-ring (bicyclic) bond motifs is 1. The molecule has 0 saturated carbocycles. The Hall–Kier alpha value is -3.86. The van der Waals surface area contributed by atoms with Crippen molar-refractivity contribution in [1.29, 1.82) is 0 Å². The normalized spacial score (nSPS) is 11.6.